The highest BCUT2D eigenvalue weighted by molar-refractivity contribution is 5.47. The van der Waals surface area contributed by atoms with Crippen molar-refractivity contribution in [2.24, 2.45) is 5.73 Å². The summed E-state index contributed by atoms with van der Waals surface area (Å²) in [5.41, 5.74) is 7.17. The molecule has 0 aliphatic rings. The van der Waals surface area contributed by atoms with E-state index in [4.69, 9.17) is 5.73 Å². The van der Waals surface area contributed by atoms with E-state index < -0.39 is 0 Å². The lowest BCUT2D eigenvalue weighted by Gasteiger charge is -2.31. The summed E-state index contributed by atoms with van der Waals surface area (Å²) < 4.78 is 13.7. The normalized spacial score (nSPS) is 13.8. The maximum atomic E-state index is 13.7. The van der Waals surface area contributed by atoms with E-state index in [0.717, 1.165) is 6.42 Å². The number of hydrogen-bond acceptors (Lipinski definition) is 2. The van der Waals surface area contributed by atoms with Crippen LogP contribution in [0.25, 0.3) is 0 Å². The minimum atomic E-state index is -0.371. The molecule has 2 aromatic carbocycles. The Morgan fingerprint density at radius 3 is 2.32 bits per heavy atom. The van der Waals surface area contributed by atoms with Crippen LogP contribution in [0.5, 0.6) is 0 Å². The van der Waals surface area contributed by atoms with Crippen molar-refractivity contribution in [3.8, 4) is 0 Å². The molecule has 0 fully saturated rings. The quantitative estimate of drug-likeness (QED) is 0.864. The fraction of sp³-hybridized carbons (Fsp3) is 0.250. The number of anilines is 1. The largest absolute Gasteiger partial charge is 0.376 e. The minimum absolute atomic E-state index is 0.254. The van der Waals surface area contributed by atoms with Crippen LogP contribution in [0.4, 0.5) is 10.1 Å². The number of halogens is 1. The third-order valence-corrected chi connectivity index (χ3v) is 3.20. The van der Waals surface area contributed by atoms with Gasteiger partial charge in [0.05, 0.1) is 11.2 Å². The molecule has 0 heterocycles. The maximum absolute atomic E-state index is 13.7. The number of rotatable bonds is 5. The monoisotopic (exact) mass is 258 g/mol. The van der Waals surface area contributed by atoms with Crippen molar-refractivity contribution in [1.82, 2.24) is 0 Å². The number of para-hydroxylation sites is 1. The summed E-state index contributed by atoms with van der Waals surface area (Å²) in [5.74, 6) is -0.254. The highest BCUT2D eigenvalue weighted by Gasteiger charge is 2.23. The Balaban J connectivity index is 2.17. The van der Waals surface area contributed by atoms with E-state index in [-0.39, 0.29) is 11.4 Å². The molecule has 19 heavy (non-hydrogen) atoms. The highest BCUT2D eigenvalue weighted by Crippen LogP contribution is 2.21. The summed E-state index contributed by atoms with van der Waals surface area (Å²) in [6.45, 7) is 2.43. The van der Waals surface area contributed by atoms with Gasteiger partial charge in [0.1, 0.15) is 5.82 Å². The summed E-state index contributed by atoms with van der Waals surface area (Å²) >= 11 is 0. The molecule has 1 atom stereocenters. The Labute approximate surface area is 113 Å². The summed E-state index contributed by atoms with van der Waals surface area (Å²) in [6.07, 6.45) is 0.749. The van der Waals surface area contributed by atoms with Gasteiger partial charge in [-0.1, -0.05) is 42.5 Å². The second kappa shape index (κ2) is 5.85. The first-order valence-electron chi connectivity index (χ1n) is 6.40. The van der Waals surface area contributed by atoms with Gasteiger partial charge in [-0.05, 0) is 31.0 Å². The molecule has 0 bridgehead atoms. The van der Waals surface area contributed by atoms with Crippen molar-refractivity contribution in [1.29, 1.82) is 0 Å². The Morgan fingerprint density at radius 1 is 1.05 bits per heavy atom. The molecule has 3 N–H and O–H groups in total. The van der Waals surface area contributed by atoms with Crippen LogP contribution in [0.1, 0.15) is 12.5 Å². The molecule has 0 aliphatic carbocycles. The molecule has 1 unspecified atom stereocenters. The number of hydrogen-bond donors (Lipinski definition) is 2. The van der Waals surface area contributed by atoms with E-state index in [1.54, 1.807) is 12.1 Å². The van der Waals surface area contributed by atoms with E-state index in [1.807, 2.05) is 31.2 Å². The van der Waals surface area contributed by atoms with Gasteiger partial charge in [0.2, 0.25) is 0 Å². The predicted octanol–water partition coefficient (Wildman–Crippen LogP) is 3.20. The van der Waals surface area contributed by atoms with Gasteiger partial charge in [0, 0.05) is 6.54 Å². The first-order valence-corrected chi connectivity index (χ1v) is 6.40. The van der Waals surface area contributed by atoms with Gasteiger partial charge in [-0.15, -0.1) is 0 Å². The van der Waals surface area contributed by atoms with Crippen LogP contribution in [0.3, 0.4) is 0 Å². The molecule has 2 rings (SSSR count). The zero-order chi connectivity index (χ0) is 13.7. The summed E-state index contributed by atoms with van der Waals surface area (Å²) in [6, 6.07) is 16.7. The van der Waals surface area contributed by atoms with E-state index in [2.05, 4.69) is 17.4 Å². The Bertz CT molecular complexity index is 527. The molecule has 0 radical (unpaired) electrons. The van der Waals surface area contributed by atoms with Gasteiger partial charge in [-0.2, -0.15) is 0 Å². The molecule has 3 heteroatoms. The van der Waals surface area contributed by atoms with Crippen molar-refractivity contribution in [3.63, 3.8) is 0 Å². The van der Waals surface area contributed by atoms with Crippen LogP contribution in [-0.4, -0.2) is 12.1 Å². The number of nitrogens with one attached hydrogen (secondary N) is 1. The molecule has 0 aliphatic heterocycles. The SMILES string of the molecule is CC(CN)(Cc1ccccc1)Nc1ccccc1F. The van der Waals surface area contributed by atoms with Crippen molar-refractivity contribution in [2.45, 2.75) is 18.9 Å². The van der Waals surface area contributed by atoms with Crippen LogP contribution in [-0.2, 0) is 6.42 Å². The number of nitrogens with two attached hydrogens (primary N) is 1. The van der Waals surface area contributed by atoms with Crippen LogP contribution in [0.15, 0.2) is 54.6 Å². The van der Waals surface area contributed by atoms with Crippen molar-refractivity contribution in [2.75, 3.05) is 11.9 Å². The zero-order valence-electron chi connectivity index (χ0n) is 11.1. The van der Waals surface area contributed by atoms with Crippen molar-refractivity contribution >= 4 is 5.69 Å². The Hall–Kier alpha value is -1.87. The van der Waals surface area contributed by atoms with E-state index in [0.29, 0.717) is 12.2 Å². The van der Waals surface area contributed by atoms with Crippen molar-refractivity contribution in [3.05, 3.63) is 66.0 Å². The maximum Gasteiger partial charge on any atom is 0.146 e. The van der Waals surface area contributed by atoms with Gasteiger partial charge in [-0.25, -0.2) is 4.39 Å². The number of benzene rings is 2. The third-order valence-electron chi connectivity index (χ3n) is 3.20. The Kier molecular flexibility index (Phi) is 4.17. The lowest BCUT2D eigenvalue weighted by atomic mass is 9.92. The molecule has 2 nitrogen and oxygen atoms in total. The van der Waals surface area contributed by atoms with Crippen molar-refractivity contribution < 1.29 is 4.39 Å². The molecule has 0 aromatic heterocycles. The molecule has 0 saturated carbocycles. The van der Waals surface area contributed by atoms with Crippen LogP contribution in [0, 0.1) is 5.82 Å². The fourth-order valence-electron chi connectivity index (χ4n) is 2.10. The standard InChI is InChI=1S/C16H19FN2/c1-16(12-18,11-13-7-3-2-4-8-13)19-15-10-6-5-9-14(15)17/h2-10,19H,11-12,18H2,1H3. The summed E-state index contributed by atoms with van der Waals surface area (Å²) in [7, 11) is 0. The molecule has 100 valence electrons. The summed E-state index contributed by atoms with van der Waals surface area (Å²) in [4.78, 5) is 0. The third kappa shape index (κ3) is 3.55. The molecule has 0 spiro atoms. The molecular formula is C16H19FN2. The van der Waals surface area contributed by atoms with E-state index >= 15 is 0 Å². The first-order chi connectivity index (χ1) is 9.13. The minimum Gasteiger partial charge on any atom is -0.376 e. The van der Waals surface area contributed by atoms with E-state index in [1.165, 1.54) is 11.6 Å². The predicted molar refractivity (Wildman–Crippen MR) is 77.6 cm³/mol. The van der Waals surface area contributed by atoms with E-state index in [9.17, 15) is 4.39 Å². The highest BCUT2D eigenvalue weighted by atomic mass is 19.1. The zero-order valence-corrected chi connectivity index (χ0v) is 11.1. The van der Waals surface area contributed by atoms with Gasteiger partial charge >= 0.3 is 0 Å². The van der Waals surface area contributed by atoms with Crippen LogP contribution in [0.2, 0.25) is 0 Å². The molecular weight excluding hydrogens is 239 g/mol. The lowest BCUT2D eigenvalue weighted by molar-refractivity contribution is 0.514. The second-order valence-electron chi connectivity index (χ2n) is 5.03. The average molecular weight is 258 g/mol. The van der Waals surface area contributed by atoms with Crippen LogP contribution < -0.4 is 11.1 Å². The fourth-order valence-corrected chi connectivity index (χ4v) is 2.10. The van der Waals surface area contributed by atoms with Gasteiger partial charge in [0.15, 0.2) is 0 Å². The topological polar surface area (TPSA) is 38.0 Å². The molecule has 0 amide bonds. The van der Waals surface area contributed by atoms with Gasteiger partial charge < -0.3 is 11.1 Å². The van der Waals surface area contributed by atoms with Gasteiger partial charge in [-0.3, -0.25) is 0 Å². The first kappa shape index (κ1) is 13.6. The smallest absolute Gasteiger partial charge is 0.146 e. The molecule has 2 aromatic rings. The van der Waals surface area contributed by atoms with Gasteiger partial charge in [0.25, 0.3) is 0 Å². The average Bonchev–Trinajstić information content (AvgIpc) is 2.42. The summed E-state index contributed by atoms with van der Waals surface area (Å²) in [5, 5.41) is 3.22. The molecule has 0 saturated heterocycles. The lowest BCUT2D eigenvalue weighted by Crippen LogP contribution is -2.44. The second-order valence-corrected chi connectivity index (χ2v) is 5.03. The van der Waals surface area contributed by atoms with Crippen LogP contribution >= 0.6 is 0 Å². The Morgan fingerprint density at radius 2 is 1.68 bits per heavy atom.